The lowest BCUT2D eigenvalue weighted by molar-refractivity contribution is -0.121. The lowest BCUT2D eigenvalue weighted by atomic mass is 10.3. The number of nitrogens with one attached hydrogen (secondary N) is 1. The lowest BCUT2D eigenvalue weighted by Crippen LogP contribution is -2.32. The first kappa shape index (κ1) is 18.9. The molecule has 2 aromatic rings. The molecule has 27 heavy (non-hydrogen) atoms. The zero-order valence-corrected chi connectivity index (χ0v) is 15.6. The zero-order valence-electron chi connectivity index (χ0n) is 14.8. The van der Waals surface area contributed by atoms with Gasteiger partial charge in [-0.1, -0.05) is 30.0 Å². The molecule has 0 aliphatic carbocycles. The van der Waals surface area contributed by atoms with Crippen LogP contribution in [0.3, 0.4) is 0 Å². The number of imide groups is 1. The van der Waals surface area contributed by atoms with E-state index in [-0.39, 0.29) is 12.1 Å². The molecule has 2 aromatic carbocycles. The topological polar surface area (TPSA) is 71.0 Å². The van der Waals surface area contributed by atoms with E-state index in [1.165, 1.54) is 18.2 Å². The van der Waals surface area contributed by atoms with Crippen molar-refractivity contribution < 1.29 is 18.7 Å². The molecule has 8 heteroatoms. The Morgan fingerprint density at radius 3 is 2.74 bits per heavy atom. The van der Waals surface area contributed by atoms with Gasteiger partial charge in [0.25, 0.3) is 0 Å². The summed E-state index contributed by atoms with van der Waals surface area (Å²) in [5, 5.41) is 2.91. The Bertz CT molecular complexity index is 903. The number of amides is 2. The number of hydrogen-bond donors (Lipinski definition) is 1. The third-order valence-corrected chi connectivity index (χ3v) is 5.14. The van der Waals surface area contributed by atoms with Crippen LogP contribution in [-0.4, -0.2) is 36.4 Å². The fourth-order valence-electron chi connectivity index (χ4n) is 2.68. The maximum atomic E-state index is 14.0. The van der Waals surface area contributed by atoms with Gasteiger partial charge in [0.05, 0.1) is 12.8 Å². The molecular weight excluding hydrogens is 369 g/mol. The molecule has 3 rings (SSSR count). The number of nitrogens with zero attached hydrogens (tertiary/aromatic N) is 2. The van der Waals surface area contributed by atoms with Crippen molar-refractivity contribution in [2.45, 2.75) is 11.7 Å². The lowest BCUT2D eigenvalue weighted by Gasteiger charge is -2.16. The number of carbonyl (C=O) groups excluding carboxylic acids is 2. The predicted molar refractivity (Wildman–Crippen MR) is 105 cm³/mol. The number of carbonyl (C=O) groups is 2. The van der Waals surface area contributed by atoms with Crippen molar-refractivity contribution in [3.63, 3.8) is 0 Å². The van der Waals surface area contributed by atoms with Gasteiger partial charge in [-0.25, -0.2) is 9.29 Å². The summed E-state index contributed by atoms with van der Waals surface area (Å²) in [5.74, 6) is -0.815. The van der Waals surface area contributed by atoms with Crippen LogP contribution in [0, 0.1) is 5.82 Å². The molecule has 0 radical (unpaired) electrons. The Hall–Kier alpha value is -2.87. The predicted octanol–water partition coefficient (Wildman–Crippen LogP) is 3.30. The standard InChI is InChI=1S/C19H18FN3O3S/c1-21-19(22-12-6-5-7-13(10-12)26-2)27-16-11-17(24)23(18(16)25)15-9-4-3-8-14(15)20/h3-10,16H,11H2,1-2H3,(H,21,22). The van der Waals surface area contributed by atoms with Crippen molar-refractivity contribution in [1.82, 2.24) is 0 Å². The summed E-state index contributed by atoms with van der Waals surface area (Å²) in [7, 11) is 3.16. The van der Waals surface area contributed by atoms with Crippen molar-refractivity contribution in [2.24, 2.45) is 4.99 Å². The minimum atomic E-state index is -0.672. The first-order chi connectivity index (χ1) is 13.0. The highest BCUT2D eigenvalue weighted by Crippen LogP contribution is 2.32. The van der Waals surface area contributed by atoms with Gasteiger partial charge in [0.2, 0.25) is 11.8 Å². The second-order valence-electron chi connectivity index (χ2n) is 5.72. The molecule has 1 aliphatic heterocycles. The highest BCUT2D eigenvalue weighted by atomic mass is 32.2. The number of halogens is 1. The van der Waals surface area contributed by atoms with Crippen LogP contribution in [0.4, 0.5) is 15.8 Å². The van der Waals surface area contributed by atoms with E-state index in [1.807, 2.05) is 18.2 Å². The number of thioether (sulfide) groups is 1. The summed E-state index contributed by atoms with van der Waals surface area (Å²) in [6.45, 7) is 0. The summed E-state index contributed by atoms with van der Waals surface area (Å²) in [4.78, 5) is 30.1. The number of amidine groups is 1. The quantitative estimate of drug-likeness (QED) is 0.495. The van der Waals surface area contributed by atoms with Crippen LogP contribution >= 0.6 is 11.8 Å². The Balaban J connectivity index is 1.74. The molecule has 1 fully saturated rings. The summed E-state index contributed by atoms with van der Waals surface area (Å²) in [5.41, 5.74) is 0.719. The molecule has 2 amide bonds. The zero-order chi connectivity index (χ0) is 19.4. The molecule has 1 heterocycles. The molecule has 1 N–H and O–H groups in total. The largest absolute Gasteiger partial charge is 0.497 e. The summed E-state index contributed by atoms with van der Waals surface area (Å²) in [6, 6.07) is 13.0. The smallest absolute Gasteiger partial charge is 0.247 e. The molecule has 140 valence electrons. The van der Waals surface area contributed by atoms with Gasteiger partial charge in [-0.15, -0.1) is 0 Å². The van der Waals surface area contributed by atoms with Crippen LogP contribution in [0.2, 0.25) is 0 Å². The Kier molecular flexibility index (Phi) is 5.75. The molecule has 6 nitrogen and oxygen atoms in total. The molecular formula is C19H18FN3O3S. The van der Waals surface area contributed by atoms with Crippen LogP contribution < -0.4 is 15.0 Å². The number of ether oxygens (including phenoxy) is 1. The Labute approximate surface area is 160 Å². The molecule has 1 atom stereocenters. The van der Waals surface area contributed by atoms with Gasteiger partial charge < -0.3 is 10.1 Å². The monoisotopic (exact) mass is 387 g/mol. The van der Waals surface area contributed by atoms with E-state index in [4.69, 9.17) is 4.74 Å². The molecule has 1 saturated heterocycles. The average molecular weight is 387 g/mol. The highest BCUT2D eigenvalue weighted by Gasteiger charge is 2.41. The van der Waals surface area contributed by atoms with Crippen LogP contribution in [0.5, 0.6) is 5.75 Å². The average Bonchev–Trinajstić information content (AvgIpc) is 2.95. The normalized spacial score (nSPS) is 17.4. The van der Waals surface area contributed by atoms with E-state index in [1.54, 1.807) is 26.3 Å². The Morgan fingerprint density at radius 2 is 2.04 bits per heavy atom. The SMILES string of the molecule is CN=C(Nc1cccc(OC)c1)SC1CC(=O)N(c2ccccc2F)C1=O. The molecule has 0 bridgehead atoms. The van der Waals surface area contributed by atoms with Crippen LogP contribution in [0.1, 0.15) is 6.42 Å². The van der Waals surface area contributed by atoms with Crippen LogP contribution in [0.15, 0.2) is 53.5 Å². The third-order valence-electron chi connectivity index (χ3n) is 3.98. The second kappa shape index (κ2) is 8.22. The minimum absolute atomic E-state index is 0.0172. The van der Waals surface area contributed by atoms with Gasteiger partial charge in [-0.05, 0) is 24.3 Å². The molecule has 0 aromatic heterocycles. The fourth-order valence-corrected chi connectivity index (χ4v) is 3.66. The maximum Gasteiger partial charge on any atom is 0.247 e. The van der Waals surface area contributed by atoms with E-state index in [0.717, 1.165) is 22.3 Å². The molecule has 0 spiro atoms. The van der Waals surface area contributed by atoms with Crippen LogP contribution in [-0.2, 0) is 9.59 Å². The molecule has 0 saturated carbocycles. The summed E-state index contributed by atoms with van der Waals surface area (Å²) in [6.07, 6.45) is -0.0172. The number of methoxy groups -OCH3 is 1. The first-order valence-electron chi connectivity index (χ1n) is 8.19. The first-order valence-corrected chi connectivity index (χ1v) is 9.07. The van der Waals surface area contributed by atoms with Crippen molar-refractivity contribution in [3.8, 4) is 5.75 Å². The number of hydrogen-bond acceptors (Lipinski definition) is 5. The van der Waals surface area contributed by atoms with E-state index >= 15 is 0 Å². The van der Waals surface area contributed by atoms with Crippen molar-refractivity contribution >= 4 is 40.1 Å². The van der Waals surface area contributed by atoms with E-state index in [0.29, 0.717) is 10.9 Å². The molecule has 1 unspecified atom stereocenters. The maximum absolute atomic E-state index is 14.0. The fraction of sp³-hybridized carbons (Fsp3) is 0.211. The van der Waals surface area contributed by atoms with Gasteiger partial charge in [-0.3, -0.25) is 14.6 Å². The second-order valence-corrected chi connectivity index (χ2v) is 6.91. The van der Waals surface area contributed by atoms with Gasteiger partial charge in [-0.2, -0.15) is 0 Å². The van der Waals surface area contributed by atoms with Gasteiger partial charge in [0.15, 0.2) is 5.17 Å². The van der Waals surface area contributed by atoms with Crippen molar-refractivity contribution in [3.05, 3.63) is 54.3 Å². The van der Waals surface area contributed by atoms with Gasteiger partial charge >= 0.3 is 0 Å². The van der Waals surface area contributed by atoms with E-state index in [2.05, 4.69) is 10.3 Å². The number of anilines is 2. The number of rotatable bonds is 4. The number of aliphatic imine (C=N–C) groups is 1. The van der Waals surface area contributed by atoms with E-state index < -0.39 is 22.9 Å². The number of para-hydroxylation sites is 1. The number of benzene rings is 2. The van der Waals surface area contributed by atoms with Crippen LogP contribution in [0.25, 0.3) is 0 Å². The summed E-state index contributed by atoms with van der Waals surface area (Å²) >= 11 is 1.14. The van der Waals surface area contributed by atoms with Gasteiger partial charge in [0.1, 0.15) is 16.8 Å². The third kappa shape index (κ3) is 4.11. The van der Waals surface area contributed by atoms with E-state index in [9.17, 15) is 14.0 Å². The highest BCUT2D eigenvalue weighted by molar-refractivity contribution is 8.15. The Morgan fingerprint density at radius 1 is 1.26 bits per heavy atom. The van der Waals surface area contributed by atoms with Gasteiger partial charge in [0, 0.05) is 25.2 Å². The molecule has 1 aliphatic rings. The van der Waals surface area contributed by atoms with Crippen molar-refractivity contribution in [2.75, 3.05) is 24.4 Å². The minimum Gasteiger partial charge on any atom is -0.497 e. The van der Waals surface area contributed by atoms with Crippen molar-refractivity contribution in [1.29, 1.82) is 0 Å². The summed E-state index contributed by atoms with van der Waals surface area (Å²) < 4.78 is 19.2.